The standard InChI is InChI=1S/C23H32N2O/c1-17(2)13-24(14-18(3)4)15-19(26)16-25-22-11-7-5-9-20(22)21-10-6-8-12-23(21)25/h5-12,17-19,26H,13-16H2,1-4H3. The molecule has 3 nitrogen and oxygen atoms in total. The molecule has 3 aromatic rings. The number of hydrogen-bond donors (Lipinski definition) is 1. The number of para-hydroxylation sites is 2. The van der Waals surface area contributed by atoms with Crippen molar-refractivity contribution in [3.63, 3.8) is 0 Å². The van der Waals surface area contributed by atoms with Crippen molar-refractivity contribution in [3.8, 4) is 0 Å². The number of benzene rings is 2. The Morgan fingerprint density at radius 1 is 0.769 bits per heavy atom. The Morgan fingerprint density at radius 2 is 1.23 bits per heavy atom. The first-order valence-electron chi connectivity index (χ1n) is 9.82. The van der Waals surface area contributed by atoms with Crippen LogP contribution >= 0.6 is 0 Å². The molecule has 1 unspecified atom stereocenters. The van der Waals surface area contributed by atoms with E-state index in [0.29, 0.717) is 18.4 Å². The first kappa shape index (κ1) is 18.9. The van der Waals surface area contributed by atoms with Gasteiger partial charge in [0.2, 0.25) is 0 Å². The third-order valence-corrected chi connectivity index (χ3v) is 4.79. The van der Waals surface area contributed by atoms with E-state index in [1.165, 1.54) is 21.8 Å². The Bertz CT molecular complexity index is 786. The number of aliphatic hydroxyl groups is 1. The minimum absolute atomic E-state index is 0.383. The molecule has 1 heterocycles. The van der Waals surface area contributed by atoms with Crippen molar-refractivity contribution in [3.05, 3.63) is 48.5 Å². The first-order chi connectivity index (χ1) is 12.5. The van der Waals surface area contributed by atoms with Crippen molar-refractivity contribution in [1.29, 1.82) is 0 Å². The molecule has 0 aliphatic rings. The molecule has 0 fully saturated rings. The van der Waals surface area contributed by atoms with Gasteiger partial charge in [-0.1, -0.05) is 64.1 Å². The van der Waals surface area contributed by atoms with Crippen molar-refractivity contribution < 1.29 is 5.11 Å². The van der Waals surface area contributed by atoms with Gasteiger partial charge in [-0.05, 0) is 24.0 Å². The molecule has 1 atom stereocenters. The predicted molar refractivity (Wildman–Crippen MR) is 112 cm³/mol. The van der Waals surface area contributed by atoms with Gasteiger partial charge in [0.1, 0.15) is 0 Å². The van der Waals surface area contributed by atoms with E-state index in [1.807, 2.05) is 0 Å². The number of nitrogens with zero attached hydrogens (tertiary/aromatic N) is 2. The largest absolute Gasteiger partial charge is 0.390 e. The topological polar surface area (TPSA) is 28.4 Å². The fourth-order valence-electron chi connectivity index (χ4n) is 4.02. The molecule has 3 rings (SSSR count). The first-order valence-corrected chi connectivity index (χ1v) is 9.82. The van der Waals surface area contributed by atoms with Gasteiger partial charge in [-0.15, -0.1) is 0 Å². The van der Waals surface area contributed by atoms with Crippen LogP contribution in [0.1, 0.15) is 27.7 Å². The van der Waals surface area contributed by atoms with Crippen LogP contribution in [0.4, 0.5) is 0 Å². The number of fused-ring (bicyclic) bond motifs is 3. The summed E-state index contributed by atoms with van der Waals surface area (Å²) in [5.74, 6) is 1.21. The van der Waals surface area contributed by atoms with Crippen molar-refractivity contribution in [2.24, 2.45) is 11.8 Å². The van der Waals surface area contributed by atoms with Crippen LogP contribution in [0.2, 0.25) is 0 Å². The number of aromatic nitrogens is 1. The van der Waals surface area contributed by atoms with E-state index in [-0.39, 0.29) is 6.10 Å². The average molecular weight is 353 g/mol. The molecular weight excluding hydrogens is 320 g/mol. The van der Waals surface area contributed by atoms with Crippen LogP contribution in [-0.2, 0) is 6.54 Å². The third-order valence-electron chi connectivity index (χ3n) is 4.79. The summed E-state index contributed by atoms with van der Waals surface area (Å²) in [6, 6.07) is 17.0. The van der Waals surface area contributed by atoms with Crippen molar-refractivity contribution in [2.45, 2.75) is 40.3 Å². The third kappa shape index (κ3) is 4.28. The van der Waals surface area contributed by atoms with Crippen molar-refractivity contribution >= 4 is 21.8 Å². The summed E-state index contributed by atoms with van der Waals surface area (Å²) in [6.45, 7) is 12.4. The molecule has 140 valence electrons. The second-order valence-electron chi connectivity index (χ2n) is 8.30. The maximum Gasteiger partial charge on any atom is 0.0845 e. The van der Waals surface area contributed by atoms with Crippen LogP contribution in [0.3, 0.4) is 0 Å². The highest BCUT2D eigenvalue weighted by molar-refractivity contribution is 6.07. The van der Waals surface area contributed by atoms with Crippen molar-refractivity contribution in [2.75, 3.05) is 19.6 Å². The van der Waals surface area contributed by atoms with Crippen LogP contribution in [-0.4, -0.2) is 40.3 Å². The molecule has 3 heteroatoms. The zero-order valence-electron chi connectivity index (χ0n) is 16.5. The Labute approximate surface area is 157 Å². The van der Waals surface area contributed by atoms with E-state index in [9.17, 15) is 5.11 Å². The zero-order valence-corrected chi connectivity index (χ0v) is 16.5. The van der Waals surface area contributed by atoms with Gasteiger partial charge in [0.05, 0.1) is 12.6 Å². The summed E-state index contributed by atoms with van der Waals surface area (Å²) in [6.07, 6.45) is -0.383. The lowest BCUT2D eigenvalue weighted by molar-refractivity contribution is 0.0877. The fourth-order valence-corrected chi connectivity index (χ4v) is 4.02. The molecule has 0 saturated carbocycles. The predicted octanol–water partition coefficient (Wildman–Crippen LogP) is 4.77. The number of rotatable bonds is 8. The fraction of sp³-hybridized carbons (Fsp3) is 0.478. The monoisotopic (exact) mass is 352 g/mol. The molecule has 2 aromatic carbocycles. The van der Waals surface area contributed by atoms with E-state index in [2.05, 4.69) is 85.7 Å². The summed E-state index contributed by atoms with van der Waals surface area (Å²) in [5, 5.41) is 13.4. The molecule has 0 radical (unpaired) electrons. The highest BCUT2D eigenvalue weighted by Crippen LogP contribution is 2.28. The van der Waals surface area contributed by atoms with Gasteiger partial charge in [0.25, 0.3) is 0 Å². The minimum atomic E-state index is -0.383. The molecule has 0 spiro atoms. The van der Waals surface area contributed by atoms with Crippen LogP contribution < -0.4 is 0 Å². The van der Waals surface area contributed by atoms with E-state index >= 15 is 0 Å². The SMILES string of the molecule is CC(C)CN(CC(C)C)CC(O)Cn1c2ccccc2c2ccccc21. The second kappa shape index (κ2) is 8.24. The van der Waals surface area contributed by atoms with Gasteiger partial charge in [-0.3, -0.25) is 0 Å². The number of aliphatic hydroxyl groups excluding tert-OH is 1. The minimum Gasteiger partial charge on any atom is -0.390 e. The van der Waals surface area contributed by atoms with E-state index in [4.69, 9.17) is 0 Å². The molecule has 0 saturated heterocycles. The molecule has 1 N–H and O–H groups in total. The second-order valence-corrected chi connectivity index (χ2v) is 8.30. The Morgan fingerprint density at radius 3 is 1.69 bits per heavy atom. The molecular formula is C23H32N2O. The van der Waals surface area contributed by atoms with Crippen LogP contribution in [0.25, 0.3) is 21.8 Å². The van der Waals surface area contributed by atoms with E-state index in [0.717, 1.165) is 19.6 Å². The lowest BCUT2D eigenvalue weighted by atomic mass is 10.1. The Balaban J connectivity index is 1.85. The quantitative estimate of drug-likeness (QED) is 0.632. The molecule has 26 heavy (non-hydrogen) atoms. The summed E-state index contributed by atoms with van der Waals surface area (Å²) in [7, 11) is 0. The number of hydrogen-bond acceptors (Lipinski definition) is 2. The van der Waals surface area contributed by atoms with Gasteiger partial charge in [0, 0.05) is 41.4 Å². The summed E-state index contributed by atoms with van der Waals surface area (Å²) < 4.78 is 2.28. The summed E-state index contributed by atoms with van der Waals surface area (Å²) in [5.41, 5.74) is 2.40. The van der Waals surface area contributed by atoms with Crippen molar-refractivity contribution in [1.82, 2.24) is 9.47 Å². The lowest BCUT2D eigenvalue weighted by Gasteiger charge is -2.28. The Kier molecular flexibility index (Phi) is 6.00. The molecule has 0 aliphatic carbocycles. The van der Waals surface area contributed by atoms with E-state index in [1.54, 1.807) is 0 Å². The normalized spacial score (nSPS) is 13.5. The lowest BCUT2D eigenvalue weighted by Crippen LogP contribution is -2.39. The van der Waals surface area contributed by atoms with Gasteiger partial charge >= 0.3 is 0 Å². The highest BCUT2D eigenvalue weighted by atomic mass is 16.3. The molecule has 0 bridgehead atoms. The maximum absolute atomic E-state index is 10.9. The van der Waals surface area contributed by atoms with Gasteiger partial charge in [0.15, 0.2) is 0 Å². The smallest absolute Gasteiger partial charge is 0.0845 e. The maximum atomic E-state index is 10.9. The summed E-state index contributed by atoms with van der Waals surface area (Å²) >= 11 is 0. The molecule has 0 amide bonds. The molecule has 0 aliphatic heterocycles. The van der Waals surface area contributed by atoms with Crippen LogP contribution in [0.15, 0.2) is 48.5 Å². The zero-order chi connectivity index (χ0) is 18.7. The average Bonchev–Trinajstić information content (AvgIpc) is 2.88. The van der Waals surface area contributed by atoms with Gasteiger partial charge in [-0.2, -0.15) is 0 Å². The van der Waals surface area contributed by atoms with Gasteiger partial charge < -0.3 is 14.6 Å². The van der Waals surface area contributed by atoms with Crippen LogP contribution in [0, 0.1) is 11.8 Å². The Hall–Kier alpha value is -1.84. The van der Waals surface area contributed by atoms with E-state index < -0.39 is 0 Å². The van der Waals surface area contributed by atoms with Crippen LogP contribution in [0.5, 0.6) is 0 Å². The highest BCUT2D eigenvalue weighted by Gasteiger charge is 2.17. The summed E-state index contributed by atoms with van der Waals surface area (Å²) in [4.78, 5) is 2.41. The van der Waals surface area contributed by atoms with Gasteiger partial charge in [-0.25, -0.2) is 0 Å². The molecule has 1 aromatic heterocycles.